The van der Waals surface area contributed by atoms with Crippen LogP contribution in [0.1, 0.15) is 18.4 Å². The molecule has 1 aromatic rings. The van der Waals surface area contributed by atoms with E-state index in [1.807, 2.05) is 30.3 Å². The lowest BCUT2D eigenvalue weighted by molar-refractivity contribution is -0.108. The van der Waals surface area contributed by atoms with Crippen molar-refractivity contribution in [3.63, 3.8) is 0 Å². The van der Waals surface area contributed by atoms with Crippen LogP contribution in [0.5, 0.6) is 0 Å². The average Bonchev–Trinajstić information content (AvgIpc) is 2.27. The molecule has 0 saturated carbocycles. The van der Waals surface area contributed by atoms with E-state index in [9.17, 15) is 9.59 Å². The molecule has 4 nitrogen and oxygen atoms in total. The molecule has 0 radical (unpaired) electrons. The predicted molar refractivity (Wildman–Crippen MR) is 60.4 cm³/mol. The zero-order chi connectivity index (χ0) is 11.8. The maximum Gasteiger partial charge on any atom is 0.404 e. The Balaban J connectivity index is 2.43. The SMILES string of the molecule is O=CCC(CCc1ccccc1)NC(=O)O. The van der Waals surface area contributed by atoms with Crippen LogP contribution >= 0.6 is 0 Å². The molecule has 86 valence electrons. The molecule has 1 amide bonds. The second-order valence-corrected chi connectivity index (χ2v) is 3.57. The number of nitrogens with one attached hydrogen (secondary N) is 1. The summed E-state index contributed by atoms with van der Waals surface area (Å²) >= 11 is 0. The van der Waals surface area contributed by atoms with E-state index < -0.39 is 6.09 Å². The zero-order valence-electron chi connectivity index (χ0n) is 8.93. The monoisotopic (exact) mass is 221 g/mol. The van der Waals surface area contributed by atoms with Crippen LogP contribution < -0.4 is 5.32 Å². The van der Waals surface area contributed by atoms with Crippen LogP contribution in [0.15, 0.2) is 30.3 Å². The van der Waals surface area contributed by atoms with Crippen molar-refractivity contribution in [3.05, 3.63) is 35.9 Å². The fourth-order valence-electron chi connectivity index (χ4n) is 1.53. The molecule has 1 unspecified atom stereocenters. The molecule has 0 aliphatic carbocycles. The second-order valence-electron chi connectivity index (χ2n) is 3.57. The van der Waals surface area contributed by atoms with Crippen molar-refractivity contribution in [1.29, 1.82) is 0 Å². The lowest BCUT2D eigenvalue weighted by Gasteiger charge is -2.13. The first kappa shape index (κ1) is 12.2. The third kappa shape index (κ3) is 4.59. The summed E-state index contributed by atoms with van der Waals surface area (Å²) in [5.74, 6) is 0. The molecular weight excluding hydrogens is 206 g/mol. The molecule has 1 rings (SSSR count). The van der Waals surface area contributed by atoms with Gasteiger partial charge in [-0.1, -0.05) is 30.3 Å². The summed E-state index contributed by atoms with van der Waals surface area (Å²) in [5, 5.41) is 10.9. The number of hydrogen-bond donors (Lipinski definition) is 2. The summed E-state index contributed by atoms with van der Waals surface area (Å²) in [6.07, 6.45) is 1.28. The van der Waals surface area contributed by atoms with Gasteiger partial charge in [-0.15, -0.1) is 0 Å². The molecule has 0 spiro atoms. The van der Waals surface area contributed by atoms with Crippen molar-refractivity contribution in [1.82, 2.24) is 5.32 Å². The van der Waals surface area contributed by atoms with Gasteiger partial charge < -0.3 is 15.2 Å². The third-order valence-corrected chi connectivity index (χ3v) is 2.33. The number of benzene rings is 1. The standard InChI is InChI=1S/C12H15NO3/c14-9-8-11(13-12(15)16)7-6-10-4-2-1-3-5-10/h1-5,9,11,13H,6-8H2,(H,15,16). The number of hydrogen-bond acceptors (Lipinski definition) is 2. The molecule has 2 N–H and O–H groups in total. The van der Waals surface area contributed by atoms with Crippen LogP contribution in [0.3, 0.4) is 0 Å². The van der Waals surface area contributed by atoms with Crippen LogP contribution in [0.25, 0.3) is 0 Å². The summed E-state index contributed by atoms with van der Waals surface area (Å²) in [6, 6.07) is 9.48. The van der Waals surface area contributed by atoms with Gasteiger partial charge in [-0.25, -0.2) is 4.79 Å². The summed E-state index contributed by atoms with van der Waals surface area (Å²) in [4.78, 5) is 20.8. The smallest absolute Gasteiger partial charge is 0.404 e. The fourth-order valence-corrected chi connectivity index (χ4v) is 1.53. The van der Waals surface area contributed by atoms with Gasteiger partial charge >= 0.3 is 6.09 Å². The zero-order valence-corrected chi connectivity index (χ0v) is 8.93. The van der Waals surface area contributed by atoms with E-state index in [1.54, 1.807) is 0 Å². The second kappa shape index (κ2) is 6.61. The van der Waals surface area contributed by atoms with Crippen LogP contribution in [0, 0.1) is 0 Å². The van der Waals surface area contributed by atoms with Crippen molar-refractivity contribution < 1.29 is 14.7 Å². The van der Waals surface area contributed by atoms with E-state index >= 15 is 0 Å². The molecule has 0 bridgehead atoms. The highest BCUT2D eigenvalue weighted by Gasteiger charge is 2.10. The van der Waals surface area contributed by atoms with Gasteiger partial charge in [0.1, 0.15) is 6.29 Å². The number of rotatable bonds is 6. The fraction of sp³-hybridized carbons (Fsp3) is 0.333. The Morgan fingerprint density at radius 2 is 2.06 bits per heavy atom. The maximum absolute atomic E-state index is 10.5. The van der Waals surface area contributed by atoms with Crippen molar-refractivity contribution in [2.24, 2.45) is 0 Å². The third-order valence-electron chi connectivity index (χ3n) is 2.33. The average molecular weight is 221 g/mol. The molecule has 0 aromatic heterocycles. The lowest BCUT2D eigenvalue weighted by Crippen LogP contribution is -2.34. The minimum Gasteiger partial charge on any atom is -0.465 e. The van der Waals surface area contributed by atoms with Crippen molar-refractivity contribution in [2.45, 2.75) is 25.3 Å². The molecule has 0 aliphatic rings. The normalized spacial score (nSPS) is 11.8. The Morgan fingerprint density at radius 1 is 1.38 bits per heavy atom. The van der Waals surface area contributed by atoms with Gasteiger partial charge in [0, 0.05) is 12.5 Å². The van der Waals surface area contributed by atoms with Gasteiger partial charge in [0.05, 0.1) is 0 Å². The molecule has 1 atom stereocenters. The molecule has 0 fully saturated rings. The molecule has 0 heterocycles. The van der Waals surface area contributed by atoms with Crippen LogP contribution in [-0.2, 0) is 11.2 Å². The highest BCUT2D eigenvalue weighted by Crippen LogP contribution is 2.06. The Morgan fingerprint density at radius 3 is 2.62 bits per heavy atom. The highest BCUT2D eigenvalue weighted by atomic mass is 16.4. The predicted octanol–water partition coefficient (Wildman–Crippen LogP) is 1.84. The molecular formula is C12H15NO3. The van der Waals surface area contributed by atoms with Crippen molar-refractivity contribution >= 4 is 12.4 Å². The number of amides is 1. The molecule has 0 saturated heterocycles. The van der Waals surface area contributed by atoms with Gasteiger partial charge in [0.15, 0.2) is 0 Å². The van der Waals surface area contributed by atoms with E-state index in [0.29, 0.717) is 6.42 Å². The van der Waals surface area contributed by atoms with Gasteiger partial charge in [0.25, 0.3) is 0 Å². The maximum atomic E-state index is 10.5. The Kier molecular flexibility index (Phi) is 5.05. The number of carboxylic acid groups (broad SMARTS) is 1. The number of aryl methyl sites for hydroxylation is 1. The summed E-state index contributed by atoms with van der Waals surface area (Å²) < 4.78 is 0. The van der Waals surface area contributed by atoms with Gasteiger partial charge in [-0.3, -0.25) is 0 Å². The molecule has 4 heteroatoms. The van der Waals surface area contributed by atoms with Crippen LogP contribution in [0.2, 0.25) is 0 Å². The van der Waals surface area contributed by atoms with E-state index in [2.05, 4.69) is 5.32 Å². The molecule has 1 aromatic carbocycles. The minimum absolute atomic E-state index is 0.221. The molecule has 16 heavy (non-hydrogen) atoms. The van der Waals surface area contributed by atoms with Gasteiger partial charge in [-0.2, -0.15) is 0 Å². The Hall–Kier alpha value is -1.84. The quantitative estimate of drug-likeness (QED) is 0.720. The number of carbonyl (C=O) groups excluding carboxylic acids is 1. The Labute approximate surface area is 94.3 Å². The first-order valence-corrected chi connectivity index (χ1v) is 5.19. The van der Waals surface area contributed by atoms with Gasteiger partial charge in [-0.05, 0) is 18.4 Å². The number of aldehydes is 1. The van der Waals surface area contributed by atoms with Crippen LogP contribution in [0.4, 0.5) is 4.79 Å². The lowest BCUT2D eigenvalue weighted by atomic mass is 10.0. The summed E-state index contributed by atoms with van der Waals surface area (Å²) in [6.45, 7) is 0. The summed E-state index contributed by atoms with van der Waals surface area (Å²) in [5.41, 5.74) is 1.14. The topological polar surface area (TPSA) is 66.4 Å². The van der Waals surface area contributed by atoms with E-state index in [-0.39, 0.29) is 12.5 Å². The van der Waals surface area contributed by atoms with E-state index in [1.165, 1.54) is 0 Å². The van der Waals surface area contributed by atoms with Crippen molar-refractivity contribution in [3.8, 4) is 0 Å². The summed E-state index contributed by atoms with van der Waals surface area (Å²) in [7, 11) is 0. The minimum atomic E-state index is -1.08. The van der Waals surface area contributed by atoms with Crippen LogP contribution in [-0.4, -0.2) is 23.5 Å². The van der Waals surface area contributed by atoms with Gasteiger partial charge in [0.2, 0.25) is 0 Å². The Bertz CT molecular complexity index is 337. The number of carbonyl (C=O) groups is 2. The largest absolute Gasteiger partial charge is 0.465 e. The van der Waals surface area contributed by atoms with Crippen molar-refractivity contribution in [2.75, 3.05) is 0 Å². The first-order valence-electron chi connectivity index (χ1n) is 5.19. The molecule has 0 aliphatic heterocycles. The first-order chi connectivity index (χ1) is 7.72. The van der Waals surface area contributed by atoms with E-state index in [4.69, 9.17) is 5.11 Å². The van der Waals surface area contributed by atoms with E-state index in [0.717, 1.165) is 18.3 Å². The highest BCUT2D eigenvalue weighted by molar-refractivity contribution is 5.65.